The van der Waals surface area contributed by atoms with Crippen LogP contribution in [-0.4, -0.2) is 4.09 Å². The highest BCUT2D eigenvalue weighted by Crippen LogP contribution is 2.15. The van der Waals surface area contributed by atoms with Crippen molar-refractivity contribution in [3.8, 4) is 11.3 Å². The number of hydrogen-bond acceptors (Lipinski definition) is 2. The summed E-state index contributed by atoms with van der Waals surface area (Å²) in [6.07, 6.45) is 1.77. The van der Waals surface area contributed by atoms with Crippen molar-refractivity contribution in [1.29, 1.82) is 0 Å². The van der Waals surface area contributed by atoms with E-state index in [4.69, 9.17) is 25.6 Å². The number of rotatable bonds is 1. The van der Waals surface area contributed by atoms with Gasteiger partial charge in [-0.2, -0.15) is 0 Å². The Morgan fingerprint density at radius 2 is 1.77 bits per heavy atom. The third kappa shape index (κ3) is 1.50. The maximum Gasteiger partial charge on any atom is 0.177 e. The van der Waals surface area contributed by atoms with Gasteiger partial charge in [-0.15, -0.1) is 0 Å². The van der Waals surface area contributed by atoms with Crippen LogP contribution in [0, 0.1) is 0 Å². The Bertz CT molecular complexity index is 409. The molecular formula is C9H7N2S2-. The molecule has 66 valence electrons. The highest BCUT2D eigenvalue weighted by Gasteiger charge is 2.01. The van der Waals surface area contributed by atoms with Crippen LogP contribution >= 0.6 is 0 Å². The van der Waals surface area contributed by atoms with E-state index < -0.39 is 0 Å². The van der Waals surface area contributed by atoms with Gasteiger partial charge in [0.25, 0.3) is 0 Å². The minimum Gasteiger partial charge on any atom is -0.622 e. The lowest BCUT2D eigenvalue weighted by atomic mass is 10.2. The van der Waals surface area contributed by atoms with Crippen LogP contribution in [-0.2, 0) is 25.6 Å². The fourth-order valence-electron chi connectivity index (χ4n) is 1.18. The molecule has 0 aliphatic heterocycles. The van der Waals surface area contributed by atoms with E-state index in [0.29, 0.717) is 0 Å². The molecule has 1 aromatic heterocycles. The number of hydrogen-bond donors (Lipinski definition) is 0. The van der Waals surface area contributed by atoms with Gasteiger partial charge in [-0.1, -0.05) is 30.3 Å². The van der Waals surface area contributed by atoms with E-state index in [9.17, 15) is 0 Å². The van der Waals surface area contributed by atoms with E-state index in [2.05, 4.69) is 0 Å². The molecule has 0 bridgehead atoms. The fourth-order valence-corrected chi connectivity index (χ4v) is 1.55. The van der Waals surface area contributed by atoms with E-state index in [1.807, 2.05) is 36.4 Å². The summed E-state index contributed by atoms with van der Waals surface area (Å²) >= 11 is 10.0. The van der Waals surface area contributed by atoms with Gasteiger partial charge in [0, 0.05) is 11.6 Å². The average Bonchev–Trinajstić information content (AvgIpc) is 2.49. The summed E-state index contributed by atoms with van der Waals surface area (Å²) in [7, 11) is 0. The highest BCUT2D eigenvalue weighted by atomic mass is 32.1. The Kier molecular flexibility index (Phi) is 2.16. The monoisotopic (exact) mass is 207 g/mol. The molecule has 0 amide bonds. The van der Waals surface area contributed by atoms with Crippen molar-refractivity contribution in [2.45, 2.75) is 0 Å². The predicted molar refractivity (Wildman–Crippen MR) is 55.6 cm³/mol. The van der Waals surface area contributed by atoms with Crippen LogP contribution in [0.25, 0.3) is 11.3 Å². The van der Waals surface area contributed by atoms with Crippen molar-refractivity contribution in [2.24, 2.45) is 0 Å². The van der Waals surface area contributed by atoms with Crippen molar-refractivity contribution in [3.05, 3.63) is 42.6 Å². The Labute approximate surface area is 87.9 Å². The molecule has 0 aliphatic carbocycles. The number of aromatic nitrogens is 2. The molecule has 0 atom stereocenters. The highest BCUT2D eigenvalue weighted by molar-refractivity contribution is 7.57. The molecule has 2 rings (SSSR count). The van der Waals surface area contributed by atoms with Gasteiger partial charge in [0.1, 0.15) is 0 Å². The third-order valence-electron chi connectivity index (χ3n) is 1.81. The lowest BCUT2D eigenvalue weighted by Gasteiger charge is -2.12. The minimum absolute atomic E-state index is 0.950. The van der Waals surface area contributed by atoms with Crippen LogP contribution in [0.2, 0.25) is 0 Å². The molecule has 0 N–H and O–H groups in total. The molecule has 1 aromatic carbocycles. The van der Waals surface area contributed by atoms with Crippen molar-refractivity contribution in [3.63, 3.8) is 0 Å². The molecule has 0 saturated carbocycles. The standard InChI is InChI=1S/C9H7N2S2/c12-10-7-6-9(11(10)13)8-4-2-1-3-5-8/h1-7H/q-1. The molecule has 0 spiro atoms. The second-order valence-corrected chi connectivity index (χ2v) is 3.36. The van der Waals surface area contributed by atoms with E-state index in [1.165, 1.54) is 8.17 Å². The van der Waals surface area contributed by atoms with E-state index >= 15 is 0 Å². The molecule has 4 heteroatoms. The molecule has 0 radical (unpaired) electrons. The molecule has 1 heterocycles. The van der Waals surface area contributed by atoms with Crippen molar-refractivity contribution >= 4 is 25.6 Å². The number of nitrogens with zero attached hydrogens (tertiary/aromatic N) is 2. The van der Waals surface area contributed by atoms with Crippen molar-refractivity contribution in [1.82, 2.24) is 4.09 Å². The van der Waals surface area contributed by atoms with Crippen LogP contribution in [0.3, 0.4) is 0 Å². The summed E-state index contributed by atoms with van der Waals surface area (Å²) in [6, 6.07) is 11.9. The third-order valence-corrected chi connectivity index (χ3v) is 2.58. The summed E-state index contributed by atoms with van der Waals surface area (Å²) in [5, 5.41) is 0. The molecule has 2 nitrogen and oxygen atoms in total. The van der Waals surface area contributed by atoms with Crippen LogP contribution in [0.15, 0.2) is 42.6 Å². The number of benzene rings is 1. The smallest absolute Gasteiger partial charge is 0.177 e. The van der Waals surface area contributed by atoms with Crippen LogP contribution in [0.4, 0.5) is 0 Å². The van der Waals surface area contributed by atoms with Crippen LogP contribution in [0.1, 0.15) is 0 Å². The first-order valence-electron chi connectivity index (χ1n) is 3.83. The van der Waals surface area contributed by atoms with Crippen molar-refractivity contribution in [2.75, 3.05) is 0 Å². The van der Waals surface area contributed by atoms with Gasteiger partial charge in [-0.05, 0) is 0 Å². The summed E-state index contributed by atoms with van der Waals surface area (Å²) in [5.41, 5.74) is 2.03. The van der Waals surface area contributed by atoms with Gasteiger partial charge in [0.15, 0.2) is 6.20 Å². The summed E-state index contributed by atoms with van der Waals surface area (Å²) in [5.74, 6) is 0. The topological polar surface area (TPSA) is 8.81 Å². The van der Waals surface area contributed by atoms with Crippen molar-refractivity contribution < 1.29 is 4.09 Å². The van der Waals surface area contributed by atoms with Gasteiger partial charge in [-0.25, -0.2) is 4.09 Å². The first-order chi connectivity index (χ1) is 6.29. The molecule has 13 heavy (non-hydrogen) atoms. The van der Waals surface area contributed by atoms with E-state index in [0.717, 1.165) is 11.3 Å². The SMILES string of the molecule is [S-]n1c(-c2ccccc2)cc[n+]1[S-]. The molecule has 0 aliphatic rings. The van der Waals surface area contributed by atoms with Crippen LogP contribution in [0.5, 0.6) is 0 Å². The molecule has 0 fully saturated rings. The lowest BCUT2D eigenvalue weighted by Crippen LogP contribution is -2.34. The molecule has 2 aromatic rings. The maximum atomic E-state index is 5.08. The maximum absolute atomic E-state index is 5.08. The normalized spacial score (nSPS) is 10.2. The lowest BCUT2D eigenvalue weighted by molar-refractivity contribution is -0.568. The van der Waals surface area contributed by atoms with E-state index in [-0.39, 0.29) is 0 Å². The Morgan fingerprint density at radius 3 is 2.31 bits per heavy atom. The van der Waals surface area contributed by atoms with E-state index in [1.54, 1.807) is 6.20 Å². The average molecular weight is 207 g/mol. The Balaban J connectivity index is 2.53. The molecule has 0 unspecified atom stereocenters. The minimum atomic E-state index is 0.950. The van der Waals surface area contributed by atoms with Gasteiger partial charge in [0.2, 0.25) is 0 Å². The first-order valence-corrected chi connectivity index (χ1v) is 4.56. The quantitative estimate of drug-likeness (QED) is 0.511. The summed E-state index contributed by atoms with van der Waals surface area (Å²) < 4.78 is 2.97. The van der Waals surface area contributed by atoms with Crippen LogP contribution < -0.4 is 4.09 Å². The molecule has 0 saturated heterocycles. The Hall–Kier alpha value is -1.13. The summed E-state index contributed by atoms with van der Waals surface area (Å²) in [4.78, 5) is 0. The van der Waals surface area contributed by atoms with Gasteiger partial charge < -0.3 is 25.6 Å². The van der Waals surface area contributed by atoms with Gasteiger partial charge >= 0.3 is 0 Å². The van der Waals surface area contributed by atoms with Gasteiger partial charge in [0.05, 0.1) is 5.69 Å². The zero-order chi connectivity index (χ0) is 9.26. The zero-order valence-electron chi connectivity index (χ0n) is 6.75. The second kappa shape index (κ2) is 3.32. The predicted octanol–water partition coefficient (Wildman–Crippen LogP) is 1.06. The van der Waals surface area contributed by atoms with Gasteiger partial charge in [-0.3, -0.25) is 4.09 Å². The fraction of sp³-hybridized carbons (Fsp3) is 0. The Morgan fingerprint density at radius 1 is 1.08 bits per heavy atom. The zero-order valence-corrected chi connectivity index (χ0v) is 8.39. The largest absolute Gasteiger partial charge is 0.622 e. The molecular weight excluding hydrogens is 200 g/mol. The first kappa shape index (κ1) is 8.47. The summed E-state index contributed by atoms with van der Waals surface area (Å²) in [6.45, 7) is 0. The second-order valence-electron chi connectivity index (χ2n) is 2.64.